The molecule has 6 N–H and O–H groups in total. The lowest BCUT2D eigenvalue weighted by molar-refractivity contribution is -0.138. The summed E-state index contributed by atoms with van der Waals surface area (Å²) in [6.07, 6.45) is 25.2. The molecule has 0 spiro atoms. The maximum atomic E-state index is 12.6. The van der Waals surface area contributed by atoms with Crippen LogP contribution in [0.4, 0.5) is 0 Å². The van der Waals surface area contributed by atoms with E-state index in [0.29, 0.717) is 30.7 Å². The lowest BCUT2D eigenvalue weighted by Gasteiger charge is -2.51. The third kappa shape index (κ3) is 17.8. The summed E-state index contributed by atoms with van der Waals surface area (Å²) < 4.78 is 7.56. The number of hydrogen-bond donors (Lipinski definition) is 6. The second kappa shape index (κ2) is 31.3. The summed E-state index contributed by atoms with van der Waals surface area (Å²) in [5.41, 5.74) is 8.82. The van der Waals surface area contributed by atoms with E-state index in [1.54, 1.807) is 0 Å². The molecule has 0 heterocycles. The summed E-state index contributed by atoms with van der Waals surface area (Å²) in [4.78, 5) is 37.8. The molecule has 3 saturated carbocycles. The van der Waals surface area contributed by atoms with Crippen LogP contribution < -0.4 is 0 Å². The highest BCUT2D eigenvalue weighted by molar-refractivity contribution is 7.80. The van der Waals surface area contributed by atoms with E-state index in [1.165, 1.54) is 49.7 Å². The smallest absolute Gasteiger partial charge is 0.303 e. The number of thiocarbonyl (C=S) groups is 1. The Morgan fingerprint density at radius 1 is 0.494 bits per heavy atom. The number of aliphatic hydroxyl groups excluding tert-OH is 3. The van der Waals surface area contributed by atoms with Gasteiger partial charge in [-0.1, -0.05) is 208 Å². The monoisotopic (exact) mass is 1190 g/mol. The van der Waals surface area contributed by atoms with Crippen molar-refractivity contribution in [1.29, 1.82) is 0 Å². The molecule has 0 bridgehead atoms. The Labute approximate surface area is 518 Å². The predicted octanol–water partition coefficient (Wildman–Crippen LogP) is 17.3. The molecule has 0 radical (unpaired) electrons. The van der Waals surface area contributed by atoms with E-state index in [0.717, 1.165) is 158 Å². The van der Waals surface area contributed by atoms with E-state index in [-0.39, 0.29) is 43.6 Å². The molecule has 474 valence electrons. The lowest BCUT2D eigenvalue weighted by Crippen LogP contribution is -2.50. The number of benzene rings is 3. The van der Waals surface area contributed by atoms with Gasteiger partial charge >= 0.3 is 17.9 Å². The Morgan fingerprint density at radius 2 is 0.824 bits per heavy atom. The number of hydrogen-bond acceptors (Lipinski definition) is 8. The van der Waals surface area contributed by atoms with Gasteiger partial charge in [0.1, 0.15) is 6.61 Å². The van der Waals surface area contributed by atoms with Crippen LogP contribution in [-0.4, -0.2) is 80.0 Å². The Morgan fingerprint density at radius 3 is 1.16 bits per heavy atom. The van der Waals surface area contributed by atoms with Crippen LogP contribution in [0.25, 0.3) is 0 Å². The quantitative estimate of drug-likeness (QED) is 0.0252. The fourth-order valence-electron chi connectivity index (χ4n) is 15.0. The van der Waals surface area contributed by atoms with Crippen LogP contribution in [0.5, 0.6) is 0 Å². The number of unbranched alkanes of at least 4 members (excludes halogenated alkanes) is 9. The molecule has 1 atom stereocenters. The molecule has 3 aromatic rings. The Balaban J connectivity index is 1.98. The van der Waals surface area contributed by atoms with Gasteiger partial charge in [0.2, 0.25) is 0 Å². The van der Waals surface area contributed by atoms with Crippen LogP contribution in [0.3, 0.4) is 0 Å². The van der Waals surface area contributed by atoms with Crippen molar-refractivity contribution in [3.63, 3.8) is 0 Å². The van der Waals surface area contributed by atoms with Crippen LogP contribution in [0.15, 0.2) is 36.4 Å². The molecule has 11 heteroatoms. The van der Waals surface area contributed by atoms with Gasteiger partial charge in [-0.25, -0.2) is 0 Å². The van der Waals surface area contributed by atoms with E-state index >= 15 is 0 Å². The van der Waals surface area contributed by atoms with Crippen LogP contribution >= 0.6 is 12.2 Å². The van der Waals surface area contributed by atoms with E-state index in [1.807, 2.05) is 0 Å². The Kier molecular flexibility index (Phi) is 25.8. The zero-order chi connectivity index (χ0) is 62.3. The van der Waals surface area contributed by atoms with Crippen molar-refractivity contribution in [3.05, 3.63) is 103 Å². The molecule has 3 fully saturated rings. The number of aliphatic carboxylic acids is 3. The Hall–Kier alpha value is -4.16. The number of carboxylic acid groups (broad SMARTS) is 3. The molecule has 6 rings (SSSR count). The van der Waals surface area contributed by atoms with E-state index < -0.39 is 70.7 Å². The van der Waals surface area contributed by atoms with Crippen molar-refractivity contribution in [2.24, 2.45) is 5.41 Å². The largest absolute Gasteiger partial charge is 0.485 e. The number of aliphatic hydroxyl groups is 3. The molecule has 0 saturated heterocycles. The van der Waals surface area contributed by atoms with Gasteiger partial charge in [0.05, 0.1) is 30.7 Å². The number of carbonyl (C=O) groups is 3. The van der Waals surface area contributed by atoms with Gasteiger partial charge in [-0.2, -0.15) is 0 Å². The molecule has 85 heavy (non-hydrogen) atoms. The van der Waals surface area contributed by atoms with Gasteiger partial charge < -0.3 is 35.4 Å². The first-order valence-corrected chi connectivity index (χ1v) is 33.8. The fraction of sp³-hybridized carbons (Fsp3) is 0.703. The number of carboxylic acids is 3. The van der Waals surface area contributed by atoms with Crippen molar-refractivity contribution >= 4 is 35.2 Å². The van der Waals surface area contributed by atoms with Gasteiger partial charge in [-0.15, -0.1) is 0 Å². The molecule has 0 amide bonds. The summed E-state index contributed by atoms with van der Waals surface area (Å²) in [5, 5.41) is 64.9. The first-order valence-electron chi connectivity index (χ1n) is 33.4. The van der Waals surface area contributed by atoms with E-state index in [9.17, 15) is 45.0 Å². The predicted molar refractivity (Wildman–Crippen MR) is 349 cm³/mol. The second-order valence-electron chi connectivity index (χ2n) is 29.6. The average molecular weight is 1190 g/mol. The highest BCUT2D eigenvalue weighted by atomic mass is 32.1. The molecule has 3 aliphatic rings. The minimum absolute atomic E-state index is 0.00108. The van der Waals surface area contributed by atoms with Crippen molar-refractivity contribution in [1.82, 2.24) is 0 Å². The van der Waals surface area contributed by atoms with Crippen molar-refractivity contribution in [2.75, 3.05) is 26.4 Å². The molecule has 10 nitrogen and oxygen atoms in total. The van der Waals surface area contributed by atoms with Gasteiger partial charge in [-0.3, -0.25) is 14.4 Å². The highest BCUT2D eigenvalue weighted by Gasteiger charge is 2.57. The summed E-state index contributed by atoms with van der Waals surface area (Å²) in [5.74, 6) is -2.63. The summed E-state index contributed by atoms with van der Waals surface area (Å²) in [6, 6.07) is 13.9. The SMILES string of the molecule is CCCCCCCCCCCCC(c1c(C2CCCC2)cc(CCC(=O)O)cc1C(C)(C)C)C(C(=S)OCC(CO)(CO)CO)(c1c(C2CCCC2)cc(CCC(=O)O)cc1C(C)(C)C)c1c(C2CCCC2)cc(CCC(=O)O)cc1C(C)(C)C. The molecule has 0 aromatic heterocycles. The fourth-order valence-corrected chi connectivity index (χ4v) is 15.4. The minimum Gasteiger partial charge on any atom is -0.485 e. The summed E-state index contributed by atoms with van der Waals surface area (Å²) in [7, 11) is 0. The second-order valence-corrected chi connectivity index (χ2v) is 30.0. The molecular weight excluding hydrogens is 1080 g/mol. The van der Waals surface area contributed by atoms with Gasteiger partial charge in [0.25, 0.3) is 0 Å². The summed E-state index contributed by atoms with van der Waals surface area (Å²) in [6.45, 7) is 20.8. The van der Waals surface area contributed by atoms with Crippen LogP contribution in [0.1, 0.15) is 327 Å². The van der Waals surface area contributed by atoms with E-state index in [2.05, 4.69) is 106 Å². The first kappa shape index (κ1) is 69.9. The maximum Gasteiger partial charge on any atom is 0.303 e. The lowest BCUT2D eigenvalue weighted by atomic mass is 9.53. The average Bonchev–Trinajstić information content (AvgIpc) is 1.16. The number of ether oxygens (including phenoxy) is 1. The highest BCUT2D eigenvalue weighted by Crippen LogP contribution is 2.61. The van der Waals surface area contributed by atoms with Crippen LogP contribution in [-0.2, 0) is 60.0 Å². The van der Waals surface area contributed by atoms with Crippen molar-refractivity contribution < 1.29 is 49.8 Å². The third-order valence-corrected chi connectivity index (χ3v) is 20.2. The van der Waals surface area contributed by atoms with Gasteiger partial charge in [0.15, 0.2) is 5.05 Å². The topological polar surface area (TPSA) is 182 Å². The normalized spacial score (nSPS) is 16.4. The molecule has 1 unspecified atom stereocenters. The zero-order valence-corrected chi connectivity index (χ0v) is 55.1. The van der Waals surface area contributed by atoms with Crippen molar-refractivity contribution in [2.45, 2.75) is 301 Å². The van der Waals surface area contributed by atoms with Crippen LogP contribution in [0.2, 0.25) is 0 Å². The maximum absolute atomic E-state index is 12.6. The zero-order valence-electron chi connectivity index (χ0n) is 54.3. The molecule has 3 aliphatic carbocycles. The van der Waals surface area contributed by atoms with Gasteiger partial charge in [0, 0.05) is 25.2 Å². The first-order chi connectivity index (χ1) is 40.3. The standard InChI is InChI=1S/C74H112O10S/c1-11-12-13-14-15-16-17-18-19-20-33-59(66-56(53-27-21-22-28-53)40-50(34-37-63(78)79)43-60(66)70(2,3)4)74(69(85)84-49-73(46-75,47-76)48-77,67-57(54-29-23-24-30-54)41-51(35-38-64(80)81)44-61(67)71(5,6)7)68-58(55-31-25-26-32-55)42-52(36-39-65(82)83)45-62(68)72(8,9)10/h40-45,53-55,59,75-77H,11-39,46-49H2,1-10H3,(H,78,79)(H,80,81)(H,82,83). The molecular formula is C74H112O10S. The number of aryl methyl sites for hydroxylation is 3. The number of rotatable bonds is 33. The molecule has 0 aliphatic heterocycles. The van der Waals surface area contributed by atoms with Gasteiger partial charge in [-0.05, 0) is 177 Å². The Bertz CT molecular complexity index is 2570. The van der Waals surface area contributed by atoms with Crippen molar-refractivity contribution in [3.8, 4) is 0 Å². The summed E-state index contributed by atoms with van der Waals surface area (Å²) >= 11 is 7.51. The minimum atomic E-state index is -1.46. The van der Waals surface area contributed by atoms with Crippen LogP contribution in [0, 0.1) is 5.41 Å². The third-order valence-electron chi connectivity index (χ3n) is 19.8. The van der Waals surface area contributed by atoms with E-state index in [4.69, 9.17) is 17.0 Å². The molecule has 3 aromatic carbocycles.